The molecule has 0 aliphatic carbocycles. The summed E-state index contributed by atoms with van der Waals surface area (Å²) in [5, 5.41) is 3.02. The maximum absolute atomic E-state index is 13.6. The number of likely N-dealkylation sites (N-methyl/N-ethyl adjacent to an activating group) is 1. The summed E-state index contributed by atoms with van der Waals surface area (Å²) in [6, 6.07) is 1.52. The number of benzene rings is 1. The molecule has 0 radical (unpaired) electrons. The molecule has 15 heavy (non-hydrogen) atoms. The van der Waals surface area contributed by atoms with Gasteiger partial charge in [-0.3, -0.25) is 4.79 Å². The third-order valence-electron chi connectivity index (χ3n) is 2.33. The number of hydrogen-bond donors (Lipinski definition) is 1. The van der Waals surface area contributed by atoms with E-state index in [0.29, 0.717) is 16.7 Å². The van der Waals surface area contributed by atoms with Gasteiger partial charge in [-0.25, -0.2) is 4.39 Å². The van der Waals surface area contributed by atoms with Crippen LogP contribution in [0.15, 0.2) is 6.07 Å². The first kappa shape index (κ1) is 12.1. The fourth-order valence-corrected chi connectivity index (χ4v) is 1.59. The molecule has 0 unspecified atom stereocenters. The summed E-state index contributed by atoms with van der Waals surface area (Å²) in [6.45, 7) is 3.36. The molecule has 82 valence electrons. The Morgan fingerprint density at radius 3 is 2.60 bits per heavy atom. The highest BCUT2D eigenvalue weighted by Gasteiger charge is 2.15. The van der Waals surface area contributed by atoms with E-state index < -0.39 is 5.82 Å². The summed E-state index contributed by atoms with van der Waals surface area (Å²) in [6.07, 6.45) is 0. The van der Waals surface area contributed by atoms with E-state index in [1.165, 1.54) is 6.07 Å². The number of hydrogen-bond acceptors (Lipinski definition) is 2. The number of rotatable bonds is 3. The minimum atomic E-state index is -0.401. The molecule has 1 rings (SSSR count). The lowest BCUT2D eigenvalue weighted by molar-refractivity contribution is 0.0992. The first-order valence-electron chi connectivity index (χ1n) is 4.62. The molecule has 2 nitrogen and oxygen atoms in total. The first-order valence-corrected chi connectivity index (χ1v) is 4.99. The van der Waals surface area contributed by atoms with Crippen LogP contribution in [0.1, 0.15) is 21.5 Å². The number of halogens is 2. The summed E-state index contributed by atoms with van der Waals surface area (Å²) in [5.74, 6) is -0.558. The first-order chi connectivity index (χ1) is 6.99. The molecule has 0 saturated heterocycles. The van der Waals surface area contributed by atoms with Crippen molar-refractivity contribution in [3.63, 3.8) is 0 Å². The second-order valence-corrected chi connectivity index (χ2v) is 3.83. The van der Waals surface area contributed by atoms with Gasteiger partial charge < -0.3 is 5.32 Å². The highest BCUT2D eigenvalue weighted by molar-refractivity contribution is 6.31. The molecule has 0 amide bonds. The lowest BCUT2D eigenvalue weighted by atomic mass is 10.0. The van der Waals surface area contributed by atoms with Crippen molar-refractivity contribution < 1.29 is 9.18 Å². The number of ketones is 1. The quantitative estimate of drug-likeness (QED) is 0.807. The van der Waals surface area contributed by atoms with E-state index >= 15 is 0 Å². The Labute approximate surface area is 93.4 Å². The minimum Gasteiger partial charge on any atom is -0.313 e. The molecule has 4 heteroatoms. The van der Waals surface area contributed by atoms with E-state index in [4.69, 9.17) is 11.6 Å². The lowest BCUT2D eigenvalue weighted by Gasteiger charge is -2.09. The van der Waals surface area contributed by atoms with Crippen LogP contribution in [0.3, 0.4) is 0 Å². The maximum atomic E-state index is 13.6. The molecule has 0 atom stereocenters. The van der Waals surface area contributed by atoms with Gasteiger partial charge in [0.15, 0.2) is 5.78 Å². The Balaban J connectivity index is 3.26. The van der Waals surface area contributed by atoms with Crippen LogP contribution in [0.2, 0.25) is 5.02 Å². The van der Waals surface area contributed by atoms with Gasteiger partial charge in [-0.2, -0.15) is 0 Å². The molecule has 0 aliphatic rings. The van der Waals surface area contributed by atoms with Crippen LogP contribution in [-0.2, 0) is 0 Å². The topological polar surface area (TPSA) is 29.1 Å². The minimum absolute atomic E-state index is 0.157. The molecule has 1 aromatic rings. The fraction of sp³-hybridized carbons (Fsp3) is 0.364. The summed E-state index contributed by atoms with van der Waals surface area (Å²) >= 11 is 5.82. The van der Waals surface area contributed by atoms with Crippen LogP contribution >= 0.6 is 11.6 Å². The van der Waals surface area contributed by atoms with Crippen molar-refractivity contribution in [2.75, 3.05) is 13.6 Å². The molecule has 0 spiro atoms. The van der Waals surface area contributed by atoms with Gasteiger partial charge in [0.25, 0.3) is 0 Å². The van der Waals surface area contributed by atoms with Gasteiger partial charge in [0.2, 0.25) is 0 Å². The average molecular weight is 230 g/mol. The van der Waals surface area contributed by atoms with Crippen LogP contribution in [0, 0.1) is 19.7 Å². The van der Waals surface area contributed by atoms with E-state index in [1.54, 1.807) is 20.9 Å². The highest BCUT2D eigenvalue weighted by Crippen LogP contribution is 2.24. The highest BCUT2D eigenvalue weighted by atomic mass is 35.5. The Morgan fingerprint density at radius 2 is 2.07 bits per heavy atom. The molecule has 0 saturated carbocycles. The van der Waals surface area contributed by atoms with Crippen molar-refractivity contribution in [3.8, 4) is 0 Å². The second kappa shape index (κ2) is 4.73. The predicted octanol–water partition coefficient (Wildman–Crippen LogP) is 2.50. The van der Waals surface area contributed by atoms with E-state index in [9.17, 15) is 9.18 Å². The number of nitrogens with one attached hydrogen (secondary N) is 1. The maximum Gasteiger partial charge on any atom is 0.177 e. The van der Waals surface area contributed by atoms with Gasteiger partial charge in [0, 0.05) is 16.1 Å². The molecule has 1 N–H and O–H groups in total. The number of Topliss-reactive ketones (excluding diaryl/α,β-unsaturated/α-hetero) is 1. The van der Waals surface area contributed by atoms with Gasteiger partial charge in [0.05, 0.1) is 6.54 Å². The van der Waals surface area contributed by atoms with Crippen molar-refractivity contribution in [2.45, 2.75) is 13.8 Å². The smallest absolute Gasteiger partial charge is 0.177 e. The second-order valence-electron chi connectivity index (χ2n) is 3.42. The van der Waals surface area contributed by atoms with Crippen molar-refractivity contribution in [1.82, 2.24) is 5.32 Å². The van der Waals surface area contributed by atoms with Crippen molar-refractivity contribution >= 4 is 17.4 Å². The SMILES string of the molecule is CNCC(=O)c1cc(Cl)c(C)c(F)c1C. The fourth-order valence-electron chi connectivity index (χ4n) is 1.39. The largest absolute Gasteiger partial charge is 0.313 e. The molecular formula is C11H13ClFNO. The average Bonchev–Trinajstić information content (AvgIpc) is 2.20. The van der Waals surface area contributed by atoms with E-state index in [-0.39, 0.29) is 17.4 Å². The Hall–Kier alpha value is -0.930. The van der Waals surface area contributed by atoms with E-state index in [1.807, 2.05) is 0 Å². The van der Waals surface area contributed by atoms with Crippen LogP contribution < -0.4 is 5.32 Å². The molecular weight excluding hydrogens is 217 g/mol. The standard InChI is InChI=1S/C11H13ClFNO/c1-6-8(10(15)5-14-3)4-9(12)7(2)11(6)13/h4,14H,5H2,1-3H3. The molecule has 0 fully saturated rings. The molecule has 0 bridgehead atoms. The summed E-state index contributed by atoms with van der Waals surface area (Å²) in [7, 11) is 1.67. The van der Waals surface area contributed by atoms with Crippen molar-refractivity contribution in [2.24, 2.45) is 0 Å². The van der Waals surface area contributed by atoms with E-state index in [2.05, 4.69) is 5.32 Å². The van der Waals surface area contributed by atoms with Crippen LogP contribution in [-0.4, -0.2) is 19.4 Å². The number of carbonyl (C=O) groups excluding carboxylic acids is 1. The zero-order valence-corrected chi connectivity index (χ0v) is 9.70. The van der Waals surface area contributed by atoms with Gasteiger partial charge in [-0.1, -0.05) is 11.6 Å². The Morgan fingerprint density at radius 1 is 1.47 bits per heavy atom. The predicted molar refractivity (Wildman–Crippen MR) is 59.1 cm³/mol. The van der Waals surface area contributed by atoms with Crippen LogP contribution in [0.5, 0.6) is 0 Å². The van der Waals surface area contributed by atoms with E-state index in [0.717, 1.165) is 0 Å². The van der Waals surface area contributed by atoms with Gasteiger partial charge in [-0.15, -0.1) is 0 Å². The molecule has 0 aliphatic heterocycles. The monoisotopic (exact) mass is 229 g/mol. The summed E-state index contributed by atoms with van der Waals surface area (Å²) < 4.78 is 13.6. The third-order valence-corrected chi connectivity index (χ3v) is 2.72. The molecule has 0 aromatic heterocycles. The van der Waals surface area contributed by atoms with Crippen molar-refractivity contribution in [1.29, 1.82) is 0 Å². The molecule has 0 heterocycles. The summed E-state index contributed by atoms with van der Waals surface area (Å²) in [4.78, 5) is 11.6. The van der Waals surface area contributed by atoms with Crippen LogP contribution in [0.25, 0.3) is 0 Å². The summed E-state index contributed by atoms with van der Waals surface area (Å²) in [5.41, 5.74) is 1.09. The normalized spacial score (nSPS) is 10.5. The third kappa shape index (κ3) is 2.36. The van der Waals surface area contributed by atoms with Gasteiger partial charge in [-0.05, 0) is 32.5 Å². The van der Waals surface area contributed by atoms with Crippen LogP contribution in [0.4, 0.5) is 4.39 Å². The van der Waals surface area contributed by atoms with Gasteiger partial charge >= 0.3 is 0 Å². The Kier molecular flexibility index (Phi) is 3.83. The lowest BCUT2D eigenvalue weighted by Crippen LogP contribution is -2.20. The number of carbonyl (C=O) groups is 1. The van der Waals surface area contributed by atoms with Crippen molar-refractivity contribution in [3.05, 3.63) is 33.6 Å². The zero-order chi connectivity index (χ0) is 11.6. The Bertz CT molecular complexity index is 404. The zero-order valence-electron chi connectivity index (χ0n) is 8.95. The van der Waals surface area contributed by atoms with Gasteiger partial charge in [0.1, 0.15) is 5.82 Å². The molecule has 1 aromatic carbocycles.